The molecule has 0 spiro atoms. The molecule has 0 saturated heterocycles. The summed E-state index contributed by atoms with van der Waals surface area (Å²) in [5.41, 5.74) is 0.669. The highest BCUT2D eigenvalue weighted by Gasteiger charge is 2.23. The van der Waals surface area contributed by atoms with Gasteiger partial charge < -0.3 is 4.98 Å². The zero-order chi connectivity index (χ0) is 13.2. The Balaban J connectivity index is 2.10. The molecule has 0 aromatic carbocycles. The lowest BCUT2D eigenvalue weighted by Gasteiger charge is -2.11. The smallest absolute Gasteiger partial charge is 0.265 e. The lowest BCUT2D eigenvalue weighted by Crippen LogP contribution is -2.16. The fourth-order valence-corrected chi connectivity index (χ4v) is 2.98. The highest BCUT2D eigenvalue weighted by Crippen LogP contribution is 2.35. The Labute approximate surface area is 118 Å². The molecule has 3 rings (SSSR count). The van der Waals surface area contributed by atoms with Gasteiger partial charge in [-0.1, -0.05) is 12.8 Å². The molecule has 2 heterocycles. The van der Waals surface area contributed by atoms with Gasteiger partial charge in [0.25, 0.3) is 5.56 Å². The van der Waals surface area contributed by atoms with E-state index in [0.717, 1.165) is 18.5 Å². The number of H-pyrrole nitrogens is 1. The van der Waals surface area contributed by atoms with E-state index in [1.165, 1.54) is 12.8 Å². The molecule has 0 amide bonds. The molecule has 19 heavy (non-hydrogen) atoms. The van der Waals surface area contributed by atoms with E-state index in [2.05, 4.69) is 35.9 Å². The first-order valence-electron chi connectivity index (χ1n) is 6.33. The predicted octanol–water partition coefficient (Wildman–Crippen LogP) is 2.65. The molecule has 0 bridgehead atoms. The molecular weight excluding hydrogens is 308 g/mol. The molecule has 0 aliphatic heterocycles. The lowest BCUT2D eigenvalue weighted by atomic mass is 10.0. The lowest BCUT2D eigenvalue weighted by molar-refractivity contribution is 0.687. The minimum atomic E-state index is -0.167. The van der Waals surface area contributed by atoms with E-state index in [-0.39, 0.29) is 5.56 Å². The first-order valence-corrected chi connectivity index (χ1v) is 7.12. The quantitative estimate of drug-likeness (QED) is 0.923. The molecule has 5 nitrogen and oxygen atoms in total. The Bertz CT molecular complexity index is 635. The molecule has 0 radical (unpaired) electrons. The Morgan fingerprint density at radius 1 is 1.21 bits per heavy atom. The number of hydrogen-bond acceptors (Lipinski definition) is 4. The molecule has 0 atom stereocenters. The summed E-state index contributed by atoms with van der Waals surface area (Å²) < 4.78 is 0.541. The van der Waals surface area contributed by atoms with Crippen molar-refractivity contribution in [1.29, 1.82) is 0 Å². The van der Waals surface area contributed by atoms with Crippen LogP contribution in [0, 0.1) is 0 Å². The van der Waals surface area contributed by atoms with Crippen LogP contribution >= 0.6 is 15.9 Å². The van der Waals surface area contributed by atoms with Crippen LogP contribution in [0.15, 0.2) is 27.7 Å². The van der Waals surface area contributed by atoms with E-state index < -0.39 is 0 Å². The second-order valence-electron chi connectivity index (χ2n) is 4.67. The van der Waals surface area contributed by atoms with Crippen molar-refractivity contribution in [3.05, 3.63) is 39.0 Å². The van der Waals surface area contributed by atoms with Crippen molar-refractivity contribution in [3.63, 3.8) is 0 Å². The SMILES string of the molecule is O=c1[nH]c(-c2ncccn2)nc(C2CCCC2)c1Br. The van der Waals surface area contributed by atoms with Gasteiger partial charge in [-0.05, 0) is 34.8 Å². The van der Waals surface area contributed by atoms with Crippen LogP contribution in [0.3, 0.4) is 0 Å². The van der Waals surface area contributed by atoms with Crippen LogP contribution in [-0.4, -0.2) is 19.9 Å². The first kappa shape index (κ1) is 12.5. The van der Waals surface area contributed by atoms with E-state index in [1.807, 2.05) is 0 Å². The van der Waals surface area contributed by atoms with Crippen molar-refractivity contribution >= 4 is 15.9 Å². The van der Waals surface area contributed by atoms with Crippen molar-refractivity contribution in [2.45, 2.75) is 31.6 Å². The molecule has 1 saturated carbocycles. The minimum Gasteiger partial charge on any atom is -0.303 e. The second kappa shape index (κ2) is 5.21. The van der Waals surface area contributed by atoms with E-state index in [0.29, 0.717) is 22.0 Å². The van der Waals surface area contributed by atoms with Crippen molar-refractivity contribution in [2.75, 3.05) is 0 Å². The molecule has 2 aromatic heterocycles. The third-order valence-electron chi connectivity index (χ3n) is 3.41. The van der Waals surface area contributed by atoms with Crippen molar-refractivity contribution < 1.29 is 0 Å². The summed E-state index contributed by atoms with van der Waals surface area (Å²) in [6.07, 6.45) is 7.85. The van der Waals surface area contributed by atoms with E-state index in [9.17, 15) is 4.79 Å². The maximum atomic E-state index is 12.0. The summed E-state index contributed by atoms with van der Waals surface area (Å²) in [6, 6.07) is 1.73. The first-order chi connectivity index (χ1) is 9.25. The average molecular weight is 321 g/mol. The topological polar surface area (TPSA) is 71.5 Å². The number of aromatic amines is 1. The monoisotopic (exact) mass is 320 g/mol. The summed E-state index contributed by atoms with van der Waals surface area (Å²) in [7, 11) is 0. The number of halogens is 1. The van der Waals surface area contributed by atoms with Crippen LogP contribution in [0.4, 0.5) is 0 Å². The standard InChI is InChI=1S/C13H13BrN4O/c14-9-10(8-4-1-2-5-8)17-12(18-13(9)19)11-15-6-3-7-16-11/h3,6-8H,1-2,4-5H2,(H,17,18,19). The van der Waals surface area contributed by atoms with Gasteiger partial charge in [-0.15, -0.1) is 0 Å². The van der Waals surface area contributed by atoms with Gasteiger partial charge in [0.1, 0.15) is 4.47 Å². The summed E-state index contributed by atoms with van der Waals surface area (Å²) in [4.78, 5) is 27.5. The third kappa shape index (κ3) is 2.45. The van der Waals surface area contributed by atoms with Crippen LogP contribution in [0.25, 0.3) is 11.6 Å². The maximum Gasteiger partial charge on any atom is 0.265 e. The molecule has 6 heteroatoms. The molecule has 98 valence electrons. The number of rotatable bonds is 2. The molecule has 1 fully saturated rings. The maximum absolute atomic E-state index is 12.0. The number of nitrogens with one attached hydrogen (secondary N) is 1. The normalized spacial score (nSPS) is 15.8. The van der Waals surface area contributed by atoms with Gasteiger partial charge in [0.2, 0.25) is 0 Å². The third-order valence-corrected chi connectivity index (χ3v) is 4.17. The summed E-state index contributed by atoms with van der Waals surface area (Å²) >= 11 is 3.35. The van der Waals surface area contributed by atoms with Crippen LogP contribution in [0.2, 0.25) is 0 Å². The highest BCUT2D eigenvalue weighted by molar-refractivity contribution is 9.10. The molecule has 1 aliphatic rings. The summed E-state index contributed by atoms with van der Waals surface area (Å²) in [5, 5.41) is 0. The summed E-state index contributed by atoms with van der Waals surface area (Å²) in [6.45, 7) is 0. The average Bonchev–Trinajstić information content (AvgIpc) is 2.96. The van der Waals surface area contributed by atoms with Crippen molar-refractivity contribution in [1.82, 2.24) is 19.9 Å². The van der Waals surface area contributed by atoms with Gasteiger partial charge in [0.05, 0.1) is 5.69 Å². The number of nitrogens with zero attached hydrogens (tertiary/aromatic N) is 3. The van der Waals surface area contributed by atoms with E-state index in [4.69, 9.17) is 0 Å². The fourth-order valence-electron chi connectivity index (χ4n) is 2.47. The summed E-state index contributed by atoms with van der Waals surface area (Å²) in [5.74, 6) is 1.25. The minimum absolute atomic E-state index is 0.167. The zero-order valence-corrected chi connectivity index (χ0v) is 11.9. The molecule has 0 unspecified atom stereocenters. The van der Waals surface area contributed by atoms with Gasteiger partial charge in [-0.25, -0.2) is 15.0 Å². The molecular formula is C13H13BrN4O. The van der Waals surface area contributed by atoms with E-state index in [1.54, 1.807) is 18.5 Å². The Hall–Kier alpha value is -1.56. The van der Waals surface area contributed by atoms with Gasteiger partial charge in [-0.3, -0.25) is 4.79 Å². The Morgan fingerprint density at radius 3 is 2.58 bits per heavy atom. The Kier molecular flexibility index (Phi) is 3.42. The van der Waals surface area contributed by atoms with Gasteiger partial charge >= 0.3 is 0 Å². The van der Waals surface area contributed by atoms with Gasteiger partial charge in [0, 0.05) is 18.3 Å². The second-order valence-corrected chi connectivity index (χ2v) is 5.46. The van der Waals surface area contributed by atoms with Gasteiger partial charge in [-0.2, -0.15) is 0 Å². The zero-order valence-electron chi connectivity index (χ0n) is 10.3. The van der Waals surface area contributed by atoms with E-state index >= 15 is 0 Å². The Morgan fingerprint density at radius 2 is 1.89 bits per heavy atom. The van der Waals surface area contributed by atoms with Gasteiger partial charge in [0.15, 0.2) is 11.6 Å². The predicted molar refractivity (Wildman–Crippen MR) is 74.8 cm³/mol. The largest absolute Gasteiger partial charge is 0.303 e. The van der Waals surface area contributed by atoms with Crippen molar-refractivity contribution in [2.24, 2.45) is 0 Å². The van der Waals surface area contributed by atoms with Crippen molar-refractivity contribution in [3.8, 4) is 11.6 Å². The van der Waals surface area contributed by atoms with Crippen LogP contribution in [-0.2, 0) is 0 Å². The molecule has 1 aliphatic carbocycles. The number of aromatic nitrogens is 4. The van der Waals surface area contributed by atoms with Crippen LogP contribution < -0.4 is 5.56 Å². The van der Waals surface area contributed by atoms with Crippen LogP contribution in [0.1, 0.15) is 37.3 Å². The number of hydrogen-bond donors (Lipinski definition) is 1. The molecule has 1 N–H and O–H groups in total. The fraction of sp³-hybridized carbons (Fsp3) is 0.385. The highest BCUT2D eigenvalue weighted by atomic mass is 79.9. The van der Waals surface area contributed by atoms with Crippen LogP contribution in [0.5, 0.6) is 0 Å². The molecule has 2 aromatic rings.